The van der Waals surface area contributed by atoms with Crippen molar-refractivity contribution in [2.45, 2.75) is 6.29 Å². The molecule has 0 saturated carbocycles. The quantitative estimate of drug-likeness (QED) is 0.426. The molecule has 20 heavy (non-hydrogen) atoms. The summed E-state index contributed by atoms with van der Waals surface area (Å²) in [6.45, 7) is 4.14. The lowest BCUT2D eigenvalue weighted by Crippen LogP contribution is -2.53. The predicted molar refractivity (Wildman–Crippen MR) is 72.9 cm³/mol. The van der Waals surface area contributed by atoms with Gasteiger partial charge < -0.3 is 25.4 Å². The first-order valence-corrected chi connectivity index (χ1v) is 6.67. The third kappa shape index (κ3) is 5.04. The van der Waals surface area contributed by atoms with E-state index in [1.54, 1.807) is 4.90 Å². The Morgan fingerprint density at radius 3 is 2.30 bits per heavy atom. The molecule has 0 unspecified atom stereocenters. The smallest absolute Gasteiger partial charge is 0.311 e. The molecular weight excluding hydrogens is 264 g/mol. The predicted octanol–water partition coefficient (Wildman–Crippen LogP) is -2.18. The molecule has 8 nitrogen and oxygen atoms in total. The molecule has 0 spiro atoms. The molecule has 1 saturated heterocycles. The van der Waals surface area contributed by atoms with Crippen molar-refractivity contribution < 1.29 is 19.1 Å². The molecule has 0 aromatic rings. The van der Waals surface area contributed by atoms with Crippen LogP contribution in [0.5, 0.6) is 0 Å². The summed E-state index contributed by atoms with van der Waals surface area (Å²) in [5.74, 6) is -1.14. The Morgan fingerprint density at radius 1 is 1.20 bits per heavy atom. The largest absolute Gasteiger partial charge is 0.354 e. The van der Waals surface area contributed by atoms with Crippen LogP contribution in [0.4, 0.5) is 0 Å². The highest BCUT2D eigenvalue weighted by Crippen LogP contribution is 2.01. The van der Waals surface area contributed by atoms with Crippen molar-refractivity contribution in [3.8, 4) is 0 Å². The van der Waals surface area contributed by atoms with E-state index < -0.39 is 18.1 Å². The van der Waals surface area contributed by atoms with Crippen LogP contribution in [0.1, 0.15) is 0 Å². The Bertz CT molecular complexity index is 315. The number of hydrogen-bond acceptors (Lipinski definition) is 6. The third-order valence-electron chi connectivity index (χ3n) is 3.25. The molecule has 1 rings (SSSR count). The van der Waals surface area contributed by atoms with Gasteiger partial charge in [-0.15, -0.1) is 0 Å². The molecule has 116 valence electrons. The van der Waals surface area contributed by atoms with Gasteiger partial charge in [0.05, 0.1) is 6.54 Å². The Hall–Kier alpha value is -1.22. The molecule has 1 aliphatic heterocycles. The van der Waals surface area contributed by atoms with Crippen molar-refractivity contribution in [1.82, 2.24) is 15.1 Å². The average molecular weight is 288 g/mol. The van der Waals surface area contributed by atoms with E-state index in [-0.39, 0.29) is 6.54 Å². The first-order valence-electron chi connectivity index (χ1n) is 6.67. The minimum absolute atomic E-state index is 0.144. The van der Waals surface area contributed by atoms with Crippen molar-refractivity contribution in [3.63, 3.8) is 0 Å². The van der Waals surface area contributed by atoms with Gasteiger partial charge >= 0.3 is 11.8 Å². The number of ether oxygens (including phenoxy) is 2. The van der Waals surface area contributed by atoms with E-state index in [1.165, 1.54) is 14.2 Å². The second-order valence-electron chi connectivity index (χ2n) is 4.53. The number of nitrogens with two attached hydrogens (primary N) is 1. The molecule has 0 radical (unpaired) electrons. The monoisotopic (exact) mass is 288 g/mol. The summed E-state index contributed by atoms with van der Waals surface area (Å²) in [4.78, 5) is 27.4. The molecule has 1 fully saturated rings. The first-order chi connectivity index (χ1) is 9.62. The molecule has 0 bridgehead atoms. The van der Waals surface area contributed by atoms with E-state index in [2.05, 4.69) is 10.2 Å². The molecule has 0 aromatic heterocycles. The van der Waals surface area contributed by atoms with Gasteiger partial charge in [-0.05, 0) is 0 Å². The van der Waals surface area contributed by atoms with Crippen LogP contribution in [0.3, 0.4) is 0 Å². The molecule has 8 heteroatoms. The minimum atomic E-state index is -0.628. The Kier molecular flexibility index (Phi) is 7.45. The average Bonchev–Trinajstić information content (AvgIpc) is 2.48. The zero-order chi connectivity index (χ0) is 15.0. The Morgan fingerprint density at radius 2 is 1.80 bits per heavy atom. The fourth-order valence-corrected chi connectivity index (χ4v) is 2.02. The second kappa shape index (κ2) is 8.85. The van der Waals surface area contributed by atoms with Crippen LogP contribution in [0.25, 0.3) is 0 Å². The van der Waals surface area contributed by atoms with Crippen LogP contribution in [-0.2, 0) is 19.1 Å². The maximum Gasteiger partial charge on any atom is 0.311 e. The summed E-state index contributed by atoms with van der Waals surface area (Å²) in [7, 11) is 2.94. The van der Waals surface area contributed by atoms with Gasteiger partial charge in [-0.3, -0.25) is 14.5 Å². The lowest BCUT2D eigenvalue weighted by atomic mass is 10.3. The number of methoxy groups -OCH3 is 2. The van der Waals surface area contributed by atoms with Crippen molar-refractivity contribution >= 4 is 11.8 Å². The van der Waals surface area contributed by atoms with Gasteiger partial charge in [0.2, 0.25) is 0 Å². The van der Waals surface area contributed by atoms with Gasteiger partial charge in [-0.25, -0.2) is 0 Å². The number of piperazine rings is 1. The van der Waals surface area contributed by atoms with E-state index in [9.17, 15) is 9.59 Å². The highest BCUT2D eigenvalue weighted by molar-refractivity contribution is 6.35. The van der Waals surface area contributed by atoms with Crippen LogP contribution in [0, 0.1) is 0 Å². The van der Waals surface area contributed by atoms with E-state index in [0.29, 0.717) is 19.6 Å². The number of hydrogen-bond donors (Lipinski definition) is 2. The standard InChI is InChI=1S/C12H24N4O4/c1-19-10(20-2)9-14-11(17)12(18)16-7-5-15(4-3-13)6-8-16/h10H,3-9,13H2,1-2H3,(H,14,17). The fraction of sp³-hybridized carbons (Fsp3) is 0.833. The molecule has 3 N–H and O–H groups in total. The fourth-order valence-electron chi connectivity index (χ4n) is 2.02. The summed E-state index contributed by atoms with van der Waals surface area (Å²) < 4.78 is 9.87. The molecule has 0 aromatic carbocycles. The topological polar surface area (TPSA) is 97.1 Å². The van der Waals surface area contributed by atoms with Gasteiger partial charge in [-0.1, -0.05) is 0 Å². The van der Waals surface area contributed by atoms with Crippen molar-refractivity contribution in [1.29, 1.82) is 0 Å². The molecule has 1 heterocycles. The highest BCUT2D eigenvalue weighted by atomic mass is 16.7. The molecule has 0 atom stereocenters. The number of nitrogens with zero attached hydrogens (tertiary/aromatic N) is 2. The Balaban J connectivity index is 2.33. The molecule has 0 aliphatic carbocycles. The zero-order valence-electron chi connectivity index (χ0n) is 12.1. The summed E-state index contributed by atoms with van der Waals surface area (Å²) in [6, 6.07) is 0. The van der Waals surface area contributed by atoms with Crippen molar-refractivity contribution in [2.75, 3.05) is 60.0 Å². The van der Waals surface area contributed by atoms with Gasteiger partial charge in [-0.2, -0.15) is 0 Å². The lowest BCUT2D eigenvalue weighted by Gasteiger charge is -2.34. The van der Waals surface area contributed by atoms with E-state index in [4.69, 9.17) is 15.2 Å². The van der Waals surface area contributed by atoms with Crippen LogP contribution in [0.2, 0.25) is 0 Å². The SMILES string of the molecule is COC(CNC(=O)C(=O)N1CCN(CCN)CC1)OC. The maximum absolute atomic E-state index is 11.9. The van der Waals surface area contributed by atoms with Crippen molar-refractivity contribution in [2.24, 2.45) is 5.73 Å². The van der Waals surface area contributed by atoms with Gasteiger partial charge in [0.25, 0.3) is 0 Å². The zero-order valence-corrected chi connectivity index (χ0v) is 12.1. The number of nitrogens with one attached hydrogen (secondary N) is 1. The Labute approximate surface area is 119 Å². The van der Waals surface area contributed by atoms with Gasteiger partial charge in [0, 0.05) is 53.5 Å². The van der Waals surface area contributed by atoms with Crippen LogP contribution in [-0.4, -0.2) is 87.9 Å². The second-order valence-corrected chi connectivity index (χ2v) is 4.53. The molecule has 1 aliphatic rings. The van der Waals surface area contributed by atoms with Gasteiger partial charge in [0.1, 0.15) is 0 Å². The minimum Gasteiger partial charge on any atom is -0.354 e. The first kappa shape index (κ1) is 16.8. The van der Waals surface area contributed by atoms with Crippen LogP contribution < -0.4 is 11.1 Å². The lowest BCUT2D eigenvalue weighted by molar-refractivity contribution is -0.148. The van der Waals surface area contributed by atoms with E-state index in [0.717, 1.165) is 19.6 Å². The highest BCUT2D eigenvalue weighted by Gasteiger charge is 2.25. The number of rotatable bonds is 6. The molecular formula is C12H24N4O4. The van der Waals surface area contributed by atoms with Crippen LogP contribution in [0.15, 0.2) is 0 Å². The van der Waals surface area contributed by atoms with E-state index >= 15 is 0 Å². The van der Waals surface area contributed by atoms with Crippen molar-refractivity contribution in [3.05, 3.63) is 0 Å². The normalized spacial score (nSPS) is 16.5. The summed E-state index contributed by atoms with van der Waals surface area (Å²) in [5, 5.41) is 2.50. The molecule has 2 amide bonds. The third-order valence-corrected chi connectivity index (χ3v) is 3.25. The summed E-state index contributed by atoms with van der Waals surface area (Å²) in [5.41, 5.74) is 5.49. The summed E-state index contributed by atoms with van der Waals surface area (Å²) in [6.07, 6.45) is -0.548. The number of carbonyl (C=O) groups excluding carboxylic acids is 2. The summed E-state index contributed by atoms with van der Waals surface area (Å²) >= 11 is 0. The maximum atomic E-state index is 11.9. The van der Waals surface area contributed by atoms with Gasteiger partial charge in [0.15, 0.2) is 6.29 Å². The number of carbonyl (C=O) groups is 2. The number of amides is 2. The van der Waals surface area contributed by atoms with E-state index in [1.807, 2.05) is 0 Å². The van der Waals surface area contributed by atoms with Crippen LogP contribution >= 0.6 is 0 Å².